The second-order valence-corrected chi connectivity index (χ2v) is 5.98. The Morgan fingerprint density at radius 1 is 1.33 bits per heavy atom. The summed E-state index contributed by atoms with van der Waals surface area (Å²) in [5, 5.41) is 0. The molecule has 2 aromatic rings. The molecule has 0 saturated carbocycles. The standard InChI is InChI=1S/C14H10Br2FNO3/c1-21-13-3-2-8(4-11(13)17)12(19)7-18-6-9(15)5-10(16)14(18)20/h2-6H,7H2,1H3. The Kier molecular flexibility index (Phi) is 4.95. The van der Waals surface area contributed by atoms with Crippen molar-refractivity contribution >= 4 is 37.6 Å². The number of ether oxygens (including phenoxy) is 1. The van der Waals surface area contributed by atoms with Gasteiger partial charge in [-0.15, -0.1) is 0 Å². The maximum Gasteiger partial charge on any atom is 0.265 e. The third-order valence-corrected chi connectivity index (χ3v) is 3.80. The molecule has 1 aromatic carbocycles. The second kappa shape index (κ2) is 6.53. The van der Waals surface area contributed by atoms with E-state index in [1.807, 2.05) is 0 Å². The normalized spacial score (nSPS) is 10.5. The van der Waals surface area contributed by atoms with Gasteiger partial charge in [-0.2, -0.15) is 0 Å². The van der Waals surface area contributed by atoms with Crippen LogP contribution >= 0.6 is 31.9 Å². The molecule has 0 aliphatic carbocycles. The molecule has 2 rings (SSSR count). The van der Waals surface area contributed by atoms with Crippen LogP contribution < -0.4 is 10.3 Å². The van der Waals surface area contributed by atoms with Gasteiger partial charge in [0.25, 0.3) is 5.56 Å². The lowest BCUT2D eigenvalue weighted by Gasteiger charge is -2.08. The number of rotatable bonds is 4. The number of Topliss-reactive ketones (excluding diaryl/α,β-unsaturated/α-hetero) is 1. The van der Waals surface area contributed by atoms with Crippen LogP contribution in [0, 0.1) is 5.82 Å². The fourth-order valence-corrected chi connectivity index (χ4v) is 3.03. The summed E-state index contributed by atoms with van der Waals surface area (Å²) in [4.78, 5) is 24.0. The second-order valence-electron chi connectivity index (χ2n) is 4.21. The molecule has 4 nitrogen and oxygen atoms in total. The molecule has 21 heavy (non-hydrogen) atoms. The topological polar surface area (TPSA) is 48.3 Å². The van der Waals surface area contributed by atoms with E-state index in [0.29, 0.717) is 8.95 Å². The summed E-state index contributed by atoms with van der Waals surface area (Å²) < 4.78 is 20.6. The van der Waals surface area contributed by atoms with E-state index in [9.17, 15) is 14.0 Å². The first-order chi connectivity index (χ1) is 9.92. The van der Waals surface area contributed by atoms with E-state index in [-0.39, 0.29) is 29.2 Å². The van der Waals surface area contributed by atoms with E-state index >= 15 is 0 Å². The summed E-state index contributed by atoms with van der Waals surface area (Å²) in [6.07, 6.45) is 1.50. The van der Waals surface area contributed by atoms with Gasteiger partial charge in [0.05, 0.1) is 18.1 Å². The summed E-state index contributed by atoms with van der Waals surface area (Å²) >= 11 is 6.37. The molecular weight excluding hydrogens is 409 g/mol. The van der Waals surface area contributed by atoms with Gasteiger partial charge in [-0.05, 0) is 56.1 Å². The Labute approximate surface area is 136 Å². The Hall–Kier alpha value is -1.47. The van der Waals surface area contributed by atoms with Gasteiger partial charge in [-0.1, -0.05) is 0 Å². The first-order valence-electron chi connectivity index (χ1n) is 5.84. The first-order valence-corrected chi connectivity index (χ1v) is 7.43. The van der Waals surface area contributed by atoms with Crippen molar-refractivity contribution in [1.29, 1.82) is 0 Å². The lowest BCUT2D eigenvalue weighted by molar-refractivity contribution is 0.0970. The quantitative estimate of drug-likeness (QED) is 0.715. The number of carbonyl (C=O) groups is 1. The summed E-state index contributed by atoms with van der Waals surface area (Å²) in [5.41, 5.74) is -0.156. The van der Waals surface area contributed by atoms with Crippen molar-refractivity contribution in [2.45, 2.75) is 6.54 Å². The highest BCUT2D eigenvalue weighted by atomic mass is 79.9. The van der Waals surface area contributed by atoms with Gasteiger partial charge in [-0.3, -0.25) is 9.59 Å². The number of hydrogen-bond donors (Lipinski definition) is 0. The van der Waals surface area contributed by atoms with Crippen molar-refractivity contribution in [2.75, 3.05) is 7.11 Å². The van der Waals surface area contributed by atoms with Gasteiger partial charge in [0, 0.05) is 16.2 Å². The highest BCUT2D eigenvalue weighted by molar-refractivity contribution is 9.11. The number of halogens is 3. The smallest absolute Gasteiger partial charge is 0.265 e. The van der Waals surface area contributed by atoms with Crippen LogP contribution in [0.5, 0.6) is 5.75 Å². The zero-order valence-electron chi connectivity index (χ0n) is 10.9. The highest BCUT2D eigenvalue weighted by Crippen LogP contribution is 2.18. The molecule has 0 N–H and O–H groups in total. The van der Waals surface area contributed by atoms with Crippen LogP contribution in [-0.2, 0) is 6.54 Å². The van der Waals surface area contributed by atoms with E-state index in [1.54, 1.807) is 6.07 Å². The van der Waals surface area contributed by atoms with E-state index in [0.717, 1.165) is 6.07 Å². The first kappa shape index (κ1) is 15.9. The molecule has 0 spiro atoms. The van der Waals surface area contributed by atoms with Gasteiger partial charge >= 0.3 is 0 Å². The molecular formula is C14H10Br2FNO3. The molecule has 1 heterocycles. The zero-order valence-corrected chi connectivity index (χ0v) is 14.1. The highest BCUT2D eigenvalue weighted by Gasteiger charge is 2.12. The van der Waals surface area contributed by atoms with Gasteiger partial charge in [0.2, 0.25) is 0 Å². The third kappa shape index (κ3) is 3.59. The molecule has 7 heteroatoms. The van der Waals surface area contributed by atoms with Crippen molar-refractivity contribution in [3.8, 4) is 5.75 Å². The molecule has 0 saturated heterocycles. The number of hydrogen-bond acceptors (Lipinski definition) is 3. The van der Waals surface area contributed by atoms with Crippen molar-refractivity contribution in [2.24, 2.45) is 0 Å². The maximum absolute atomic E-state index is 13.6. The summed E-state index contributed by atoms with van der Waals surface area (Å²) in [5.74, 6) is -0.927. The van der Waals surface area contributed by atoms with E-state index in [4.69, 9.17) is 4.74 Å². The van der Waals surface area contributed by atoms with Crippen molar-refractivity contribution in [1.82, 2.24) is 4.57 Å². The Bertz CT molecular complexity index is 758. The zero-order chi connectivity index (χ0) is 15.6. The molecule has 0 bridgehead atoms. The van der Waals surface area contributed by atoms with E-state index < -0.39 is 5.82 Å². The number of benzene rings is 1. The average Bonchev–Trinajstić information content (AvgIpc) is 2.44. The van der Waals surface area contributed by atoms with Crippen LogP contribution in [0.4, 0.5) is 4.39 Å². The Morgan fingerprint density at radius 2 is 2.05 bits per heavy atom. The monoisotopic (exact) mass is 417 g/mol. The van der Waals surface area contributed by atoms with Crippen LogP contribution in [0.3, 0.4) is 0 Å². The van der Waals surface area contributed by atoms with Crippen LogP contribution in [0.2, 0.25) is 0 Å². The minimum atomic E-state index is -0.619. The number of nitrogens with zero attached hydrogens (tertiary/aromatic N) is 1. The molecule has 1 aromatic heterocycles. The largest absolute Gasteiger partial charge is 0.494 e. The number of pyridine rings is 1. The average molecular weight is 419 g/mol. The predicted octanol–water partition coefficient (Wildman–Crippen LogP) is 3.40. The molecule has 0 aliphatic rings. The van der Waals surface area contributed by atoms with Gasteiger partial charge in [-0.25, -0.2) is 4.39 Å². The number of carbonyl (C=O) groups excluding carboxylic acids is 1. The fourth-order valence-electron chi connectivity index (χ4n) is 1.77. The number of methoxy groups -OCH3 is 1. The lowest BCUT2D eigenvalue weighted by Crippen LogP contribution is -2.24. The number of aromatic nitrogens is 1. The van der Waals surface area contributed by atoms with Crippen LogP contribution in [0.25, 0.3) is 0 Å². The fraction of sp³-hybridized carbons (Fsp3) is 0.143. The van der Waals surface area contributed by atoms with Gasteiger partial charge in [0.1, 0.15) is 0 Å². The van der Waals surface area contributed by atoms with Crippen molar-refractivity contribution in [3.63, 3.8) is 0 Å². The van der Waals surface area contributed by atoms with Crippen molar-refractivity contribution < 1.29 is 13.9 Å². The van der Waals surface area contributed by atoms with Gasteiger partial charge < -0.3 is 9.30 Å². The molecule has 0 fully saturated rings. The lowest BCUT2D eigenvalue weighted by atomic mass is 10.1. The third-order valence-electron chi connectivity index (χ3n) is 2.80. The molecule has 0 radical (unpaired) electrons. The van der Waals surface area contributed by atoms with Crippen molar-refractivity contribution in [3.05, 3.63) is 61.1 Å². The minimum Gasteiger partial charge on any atom is -0.494 e. The predicted molar refractivity (Wildman–Crippen MR) is 83.4 cm³/mol. The number of ketones is 1. The summed E-state index contributed by atoms with van der Waals surface area (Å²) in [6, 6.07) is 5.53. The SMILES string of the molecule is COc1ccc(C(=O)Cn2cc(Br)cc(Br)c2=O)cc1F. The minimum absolute atomic E-state index is 0.0638. The summed E-state index contributed by atoms with van der Waals surface area (Å²) in [6.45, 7) is -0.178. The molecule has 0 unspecified atom stereocenters. The van der Waals surface area contributed by atoms with E-state index in [2.05, 4.69) is 31.9 Å². The van der Waals surface area contributed by atoms with E-state index in [1.165, 1.54) is 30.0 Å². The maximum atomic E-state index is 13.6. The molecule has 0 aliphatic heterocycles. The Morgan fingerprint density at radius 3 is 2.67 bits per heavy atom. The summed E-state index contributed by atoms with van der Waals surface area (Å²) in [7, 11) is 1.35. The molecule has 0 atom stereocenters. The van der Waals surface area contributed by atoms with Crippen LogP contribution in [0.1, 0.15) is 10.4 Å². The van der Waals surface area contributed by atoms with Crippen LogP contribution in [0.15, 0.2) is 44.2 Å². The Balaban J connectivity index is 2.30. The van der Waals surface area contributed by atoms with Gasteiger partial charge in [0.15, 0.2) is 17.3 Å². The van der Waals surface area contributed by atoms with Crippen LogP contribution in [-0.4, -0.2) is 17.5 Å². The molecule has 0 amide bonds. The molecule has 110 valence electrons.